The molecule has 1 aliphatic rings. The molecule has 12 N–H and O–H groups in total. The zero-order chi connectivity index (χ0) is 75.4. The lowest BCUT2D eigenvalue weighted by Crippen LogP contribution is -2.64. The van der Waals surface area contributed by atoms with E-state index in [9.17, 15) is 87.5 Å². The lowest BCUT2D eigenvalue weighted by Gasteiger charge is -2.37. The summed E-state index contributed by atoms with van der Waals surface area (Å²) in [6.07, 6.45) is -3.36. The minimum absolute atomic E-state index is 0.126. The van der Waals surface area contributed by atoms with E-state index in [-0.39, 0.29) is 6.42 Å². The van der Waals surface area contributed by atoms with Crippen molar-refractivity contribution in [3.8, 4) is 0 Å². The third kappa shape index (κ3) is 22.9. The summed E-state index contributed by atoms with van der Waals surface area (Å²) in [4.78, 5) is 204. The highest BCUT2D eigenvalue weighted by atomic mass is 16.3. The van der Waals surface area contributed by atoms with Crippen molar-refractivity contribution in [1.82, 2.24) is 71.9 Å². The van der Waals surface area contributed by atoms with Crippen molar-refractivity contribution in [2.24, 2.45) is 35.5 Å². The van der Waals surface area contributed by atoms with Crippen LogP contribution in [0.4, 0.5) is 0 Å². The second-order valence-corrected chi connectivity index (χ2v) is 27.3. The molecule has 1 aromatic rings. The highest BCUT2D eigenvalue weighted by molar-refractivity contribution is 6.00. The SMILES string of the molecule is CC(C)[C@@H]1NC(=O)[C@H](C(C)O)N(C)C(=O)[C@H](C(C)C)NC(=O)[C@H](C(C)O)N(C)C(=O)[C@H](C(C)C)NC(=O)CNC(=O)[C@@H](Cc2ccccc2)N(C)C(=O)[C@H](C(C)C)NC(=O)[C@H](CO)NC(=O)[C@H](C(C)C)N(C)C(=O)[C@H](CO)N(C)C(=O)[C@H](C(C)C)NC(=O)CNC(=O)[C@@H](C)N(C)C1=O. The van der Waals surface area contributed by atoms with Crippen molar-refractivity contribution in [2.45, 2.75) is 195 Å². The summed E-state index contributed by atoms with van der Waals surface area (Å²) in [5, 5.41) is 63.7. The molecule has 1 fully saturated rings. The van der Waals surface area contributed by atoms with Crippen LogP contribution < -0.4 is 42.5 Å². The maximum atomic E-state index is 14.6. The Hall–Kier alpha value is -8.36. The van der Waals surface area contributed by atoms with Gasteiger partial charge in [-0.15, -0.1) is 0 Å². The van der Waals surface area contributed by atoms with Gasteiger partial charge >= 0.3 is 0 Å². The van der Waals surface area contributed by atoms with Crippen LogP contribution in [0.1, 0.15) is 109 Å². The van der Waals surface area contributed by atoms with Gasteiger partial charge in [0.2, 0.25) is 82.7 Å². The first kappa shape index (κ1) is 85.7. The number of likely N-dealkylation sites (N-methyl/N-ethyl adjacent to an activating group) is 6. The monoisotopic (exact) mass is 1390 g/mol. The highest BCUT2D eigenvalue weighted by Gasteiger charge is 2.45. The Morgan fingerprint density at radius 2 is 0.694 bits per heavy atom. The van der Waals surface area contributed by atoms with Crippen molar-refractivity contribution in [2.75, 3.05) is 68.6 Å². The number of hydrogen-bond donors (Lipinski definition) is 12. The molecule has 14 atom stereocenters. The molecule has 32 nitrogen and oxygen atoms in total. The molecular weight excluding hydrogens is 1280 g/mol. The van der Waals surface area contributed by atoms with Gasteiger partial charge in [-0.05, 0) is 61.8 Å². The predicted octanol–water partition coefficient (Wildman–Crippen LogP) is -3.95. The van der Waals surface area contributed by atoms with Crippen LogP contribution in [0, 0.1) is 35.5 Å². The third-order valence-corrected chi connectivity index (χ3v) is 17.5. The fourth-order valence-electron chi connectivity index (χ4n) is 11.2. The fourth-order valence-corrected chi connectivity index (χ4v) is 11.2. The molecule has 1 aliphatic heterocycles. The number of rotatable bonds is 12. The Balaban J connectivity index is 2.83. The molecule has 0 spiro atoms. The van der Waals surface area contributed by atoms with Gasteiger partial charge in [0.15, 0.2) is 0 Å². The summed E-state index contributed by atoms with van der Waals surface area (Å²) in [6, 6.07) is -9.59. The second-order valence-electron chi connectivity index (χ2n) is 27.3. The van der Waals surface area contributed by atoms with Crippen molar-refractivity contribution >= 4 is 82.7 Å². The summed E-state index contributed by atoms with van der Waals surface area (Å²) in [7, 11) is 7.32. The average molecular weight is 1390 g/mol. The molecule has 1 saturated heterocycles. The van der Waals surface area contributed by atoms with Crippen LogP contribution in [0.3, 0.4) is 0 Å². The number of nitrogens with zero attached hydrogens (tertiary/aromatic N) is 6. The second kappa shape index (κ2) is 38.7. The molecule has 0 bridgehead atoms. The van der Waals surface area contributed by atoms with Crippen molar-refractivity contribution < 1.29 is 87.5 Å². The normalized spacial score (nSPS) is 27.1. The Bertz CT molecular complexity index is 2960. The molecule has 14 amide bonds. The molecule has 98 heavy (non-hydrogen) atoms. The molecule has 0 aromatic heterocycles. The quantitative estimate of drug-likeness (QED) is 0.0950. The third-order valence-electron chi connectivity index (χ3n) is 17.5. The van der Waals surface area contributed by atoms with E-state index in [2.05, 4.69) is 42.5 Å². The van der Waals surface area contributed by atoms with Crippen molar-refractivity contribution in [3.05, 3.63) is 35.9 Å². The molecule has 0 aliphatic carbocycles. The standard InChI is InChI=1S/C66H110N14O18/c1-32(2)47-63(95)77(18)44(31-82)61(93)78(19)52(37(11)12)58(90)69-42(30-81)56(88)72-50(35(7)8)64(96)76(17)43(27-41-25-23-22-24-26-41)57(89)68-29-46(86)71-48(33(3)4)65(97)79(20)53(39(14)83)60(92)74-51(36(9)10)66(98)80(21)54(40(15)84)59(91)73-49(34(5)6)62(94)75(16)38(13)55(87)67-28-45(85)70-47/h22-26,32-40,42-44,47-54,81-84H,27-31H2,1-21H3,(H,67,87)(H,68,89)(H,69,90)(H,70,85)(H,71,86)(H,72,88)(H,73,91)(H,74,92)/t38-,39?,40?,42+,43-,44+,47+,48+,49+,50+,51+,52+,53+,54+/m1/s1. The Morgan fingerprint density at radius 3 is 1.05 bits per heavy atom. The van der Waals surface area contributed by atoms with Crippen LogP contribution in [-0.2, 0) is 73.5 Å². The Kier molecular flexibility index (Phi) is 33.9. The summed E-state index contributed by atoms with van der Waals surface area (Å²) >= 11 is 0. The van der Waals surface area contributed by atoms with Crippen molar-refractivity contribution in [1.29, 1.82) is 0 Å². The van der Waals surface area contributed by atoms with Gasteiger partial charge in [0.1, 0.15) is 72.5 Å². The van der Waals surface area contributed by atoms with E-state index in [0.717, 1.165) is 29.4 Å². The Labute approximate surface area is 575 Å². The molecule has 1 heterocycles. The summed E-state index contributed by atoms with van der Waals surface area (Å²) < 4.78 is 0. The molecule has 0 radical (unpaired) electrons. The van der Waals surface area contributed by atoms with E-state index < -0.39 is 229 Å². The number of carbonyl (C=O) groups is 14. The zero-order valence-electron chi connectivity index (χ0n) is 60.7. The largest absolute Gasteiger partial charge is 0.394 e. The van der Waals surface area contributed by atoms with Gasteiger partial charge in [-0.1, -0.05) is 113 Å². The van der Waals surface area contributed by atoms with Crippen LogP contribution >= 0.6 is 0 Å². The summed E-state index contributed by atoms with van der Waals surface area (Å²) in [5.41, 5.74) is 0.573. The zero-order valence-corrected chi connectivity index (χ0v) is 60.7. The highest BCUT2D eigenvalue weighted by Crippen LogP contribution is 2.20. The van der Waals surface area contributed by atoms with E-state index in [1.165, 1.54) is 63.1 Å². The summed E-state index contributed by atoms with van der Waals surface area (Å²) in [5.74, 6) is -17.1. The molecule has 2 rings (SSSR count). The van der Waals surface area contributed by atoms with E-state index >= 15 is 0 Å². The van der Waals surface area contributed by atoms with Gasteiger partial charge < -0.3 is 92.4 Å². The number of hydrogen-bond acceptors (Lipinski definition) is 18. The molecule has 2 unspecified atom stereocenters. The number of amides is 14. The number of benzene rings is 1. The van der Waals surface area contributed by atoms with Crippen molar-refractivity contribution in [3.63, 3.8) is 0 Å². The number of aliphatic hydroxyl groups excluding tert-OH is 4. The van der Waals surface area contributed by atoms with Gasteiger partial charge in [-0.2, -0.15) is 0 Å². The number of aliphatic hydroxyl groups is 4. The lowest BCUT2D eigenvalue weighted by atomic mass is 9.98. The first-order valence-electron chi connectivity index (χ1n) is 33.0. The Morgan fingerprint density at radius 1 is 0.367 bits per heavy atom. The van der Waals surface area contributed by atoms with E-state index in [1.54, 1.807) is 113 Å². The van der Waals surface area contributed by atoms with Crippen LogP contribution in [0.25, 0.3) is 0 Å². The smallest absolute Gasteiger partial charge is 0.248 e. The van der Waals surface area contributed by atoms with E-state index in [1.807, 2.05) is 0 Å². The van der Waals surface area contributed by atoms with E-state index in [4.69, 9.17) is 0 Å². The predicted molar refractivity (Wildman–Crippen MR) is 359 cm³/mol. The number of carbonyl (C=O) groups excluding carboxylic acids is 14. The number of nitrogens with one attached hydrogen (secondary N) is 8. The first-order valence-corrected chi connectivity index (χ1v) is 33.0. The van der Waals surface area contributed by atoms with Crippen LogP contribution in [0.15, 0.2) is 30.3 Å². The van der Waals surface area contributed by atoms with Gasteiger partial charge in [-0.3, -0.25) is 67.1 Å². The molecule has 552 valence electrons. The van der Waals surface area contributed by atoms with E-state index in [0.29, 0.717) is 5.56 Å². The van der Waals surface area contributed by atoms with Gasteiger partial charge in [0.25, 0.3) is 0 Å². The molecule has 0 saturated carbocycles. The fraction of sp³-hybridized carbons (Fsp3) is 0.697. The first-order chi connectivity index (χ1) is 45.4. The topological polar surface area (TPSA) is 436 Å². The minimum Gasteiger partial charge on any atom is -0.394 e. The van der Waals surface area contributed by atoms with Gasteiger partial charge in [-0.25, -0.2) is 0 Å². The summed E-state index contributed by atoms with van der Waals surface area (Å²) in [6.45, 7) is 19.1. The molecule has 32 heteroatoms. The maximum Gasteiger partial charge on any atom is 0.248 e. The lowest BCUT2D eigenvalue weighted by molar-refractivity contribution is -0.152. The van der Waals surface area contributed by atoms with Gasteiger partial charge in [0.05, 0.1) is 38.5 Å². The van der Waals surface area contributed by atoms with Crippen LogP contribution in [-0.4, -0.2) is 286 Å². The molecular formula is C66H110N14O18. The maximum absolute atomic E-state index is 14.6. The van der Waals surface area contributed by atoms with Gasteiger partial charge in [0, 0.05) is 48.7 Å². The minimum atomic E-state index is -1.75. The molecule has 1 aromatic carbocycles. The average Bonchev–Trinajstić information content (AvgIpc) is 0.828. The van der Waals surface area contributed by atoms with Crippen LogP contribution in [0.2, 0.25) is 0 Å². The van der Waals surface area contributed by atoms with Crippen LogP contribution in [0.5, 0.6) is 0 Å².